The maximum absolute atomic E-state index is 13.1. The minimum atomic E-state index is -0.577. The van der Waals surface area contributed by atoms with Gasteiger partial charge < -0.3 is 38.4 Å². The third-order valence-corrected chi connectivity index (χ3v) is 6.05. The van der Waals surface area contributed by atoms with Crippen LogP contribution in [0.4, 0.5) is 0 Å². The number of likely N-dealkylation sites (N-methyl/N-ethyl adjacent to an activating group) is 1. The number of carbonyl (C=O) groups excluding carboxylic acids is 1. The van der Waals surface area contributed by atoms with Crippen LogP contribution >= 0.6 is 11.3 Å². The van der Waals surface area contributed by atoms with E-state index >= 15 is 0 Å². The molecule has 0 saturated carbocycles. The van der Waals surface area contributed by atoms with Gasteiger partial charge in [-0.05, 0) is 41.8 Å². The third kappa shape index (κ3) is 8.64. The van der Waals surface area contributed by atoms with Gasteiger partial charge in [0.2, 0.25) is 6.29 Å². The maximum atomic E-state index is 13.1. The number of methoxy groups -OCH3 is 2. The zero-order chi connectivity index (χ0) is 24.1. The van der Waals surface area contributed by atoms with Gasteiger partial charge in [0.15, 0.2) is 12.0 Å². The van der Waals surface area contributed by atoms with Gasteiger partial charge in [0.25, 0.3) is 5.91 Å². The summed E-state index contributed by atoms with van der Waals surface area (Å²) < 4.78 is 33.4. The normalized spacial score (nSPS) is 20.5. The number of carbonyl (C=O) groups is 1. The van der Waals surface area contributed by atoms with Crippen LogP contribution in [0.5, 0.6) is 0 Å². The summed E-state index contributed by atoms with van der Waals surface area (Å²) in [5.41, 5.74) is 1.11. The van der Waals surface area contributed by atoms with Gasteiger partial charge in [-0.3, -0.25) is 4.79 Å². The number of allylic oxidation sites excluding steroid dienone is 1. The second-order valence-corrected chi connectivity index (χ2v) is 8.32. The quantitative estimate of drug-likeness (QED) is 0.280. The molecule has 0 saturated heterocycles. The topological polar surface area (TPSA) is 95.9 Å². The summed E-state index contributed by atoms with van der Waals surface area (Å²) in [6.07, 6.45) is 1.48. The SMILES string of the molecule is CCOC1OC(C(=O)N(C)CC(OC)OC)=CC(c2ccsc2)C1CCOCCOCCO. The zero-order valence-corrected chi connectivity index (χ0v) is 20.8. The van der Waals surface area contributed by atoms with E-state index < -0.39 is 12.6 Å². The molecule has 3 unspecified atom stereocenters. The fraction of sp³-hybridized carbons (Fsp3) is 0.696. The number of aliphatic hydroxyl groups excluding tert-OH is 1. The molecule has 1 aromatic rings. The first-order valence-corrected chi connectivity index (χ1v) is 12.1. The molecule has 0 bridgehead atoms. The summed E-state index contributed by atoms with van der Waals surface area (Å²) in [7, 11) is 4.75. The van der Waals surface area contributed by atoms with Crippen LogP contribution in [-0.4, -0.2) is 95.9 Å². The van der Waals surface area contributed by atoms with Crippen LogP contribution in [0, 0.1) is 5.92 Å². The second-order valence-electron chi connectivity index (χ2n) is 7.54. The molecule has 1 N–H and O–H groups in total. The van der Waals surface area contributed by atoms with E-state index in [0.29, 0.717) is 39.5 Å². The molecule has 1 aromatic heterocycles. The van der Waals surface area contributed by atoms with Gasteiger partial charge in [-0.25, -0.2) is 0 Å². The lowest BCUT2D eigenvalue weighted by Gasteiger charge is -2.37. The molecule has 1 amide bonds. The van der Waals surface area contributed by atoms with Crippen LogP contribution in [-0.2, 0) is 33.2 Å². The smallest absolute Gasteiger partial charge is 0.288 e. The first kappa shape index (κ1) is 27.7. The predicted octanol–water partition coefficient (Wildman–Crippen LogP) is 2.22. The summed E-state index contributed by atoms with van der Waals surface area (Å²) in [5, 5.41) is 12.9. The molecule has 10 heteroatoms. The summed E-state index contributed by atoms with van der Waals surface area (Å²) >= 11 is 1.61. The van der Waals surface area contributed by atoms with Crippen LogP contribution in [0.3, 0.4) is 0 Å². The van der Waals surface area contributed by atoms with Crippen LogP contribution in [0.2, 0.25) is 0 Å². The number of ether oxygens (including phenoxy) is 6. The molecule has 0 spiro atoms. The van der Waals surface area contributed by atoms with Gasteiger partial charge in [-0.1, -0.05) is 0 Å². The first-order chi connectivity index (χ1) is 16.0. The summed E-state index contributed by atoms with van der Waals surface area (Å²) in [5.74, 6) is -0.0725. The molecule has 0 fully saturated rings. The number of thiophene rings is 1. The molecule has 33 heavy (non-hydrogen) atoms. The van der Waals surface area contributed by atoms with Crippen molar-refractivity contribution in [2.75, 3.05) is 67.5 Å². The van der Waals surface area contributed by atoms with Crippen LogP contribution in [0.15, 0.2) is 28.7 Å². The van der Waals surface area contributed by atoms with E-state index in [0.717, 1.165) is 5.56 Å². The Kier molecular flexibility index (Phi) is 12.9. The van der Waals surface area contributed by atoms with Crippen molar-refractivity contribution in [3.8, 4) is 0 Å². The Balaban J connectivity index is 2.13. The van der Waals surface area contributed by atoms with E-state index in [-0.39, 0.29) is 36.7 Å². The highest BCUT2D eigenvalue weighted by molar-refractivity contribution is 7.08. The van der Waals surface area contributed by atoms with E-state index in [1.54, 1.807) is 18.4 Å². The highest BCUT2D eigenvalue weighted by atomic mass is 32.1. The molecule has 0 aromatic carbocycles. The van der Waals surface area contributed by atoms with Crippen LogP contribution in [0.1, 0.15) is 24.8 Å². The molecule has 0 aliphatic carbocycles. The lowest BCUT2D eigenvalue weighted by molar-refractivity contribution is -0.174. The Bertz CT molecular complexity index is 695. The van der Waals surface area contributed by atoms with E-state index in [2.05, 4.69) is 11.4 Å². The van der Waals surface area contributed by atoms with Crippen LogP contribution in [0.25, 0.3) is 0 Å². The maximum Gasteiger partial charge on any atom is 0.288 e. The van der Waals surface area contributed by atoms with Crippen molar-refractivity contribution in [3.63, 3.8) is 0 Å². The molecule has 3 atom stereocenters. The molecule has 0 radical (unpaired) electrons. The largest absolute Gasteiger partial charge is 0.459 e. The van der Waals surface area contributed by atoms with Gasteiger partial charge in [0.1, 0.15) is 0 Å². The average Bonchev–Trinajstić information content (AvgIpc) is 3.36. The molecule has 2 rings (SSSR count). The summed E-state index contributed by atoms with van der Waals surface area (Å²) in [6.45, 7) is 4.31. The van der Waals surface area contributed by atoms with Gasteiger partial charge >= 0.3 is 0 Å². The number of amides is 1. The second kappa shape index (κ2) is 15.4. The van der Waals surface area contributed by atoms with Crippen molar-refractivity contribution in [3.05, 3.63) is 34.2 Å². The van der Waals surface area contributed by atoms with Gasteiger partial charge in [0, 0.05) is 46.3 Å². The van der Waals surface area contributed by atoms with Crippen LogP contribution < -0.4 is 0 Å². The Labute approximate surface area is 200 Å². The highest BCUT2D eigenvalue weighted by Gasteiger charge is 2.39. The Morgan fingerprint density at radius 1 is 1.21 bits per heavy atom. The number of aliphatic hydroxyl groups is 1. The van der Waals surface area contributed by atoms with Gasteiger partial charge in [-0.15, -0.1) is 0 Å². The van der Waals surface area contributed by atoms with Crippen molar-refractivity contribution in [2.24, 2.45) is 5.92 Å². The molecule has 1 aliphatic heterocycles. The Morgan fingerprint density at radius 2 is 1.94 bits per heavy atom. The lowest BCUT2D eigenvalue weighted by atomic mass is 9.82. The molecule has 1 aliphatic rings. The van der Waals surface area contributed by atoms with Crippen molar-refractivity contribution in [1.82, 2.24) is 4.90 Å². The molecule has 188 valence electrons. The minimum Gasteiger partial charge on any atom is -0.459 e. The Morgan fingerprint density at radius 3 is 2.55 bits per heavy atom. The zero-order valence-electron chi connectivity index (χ0n) is 19.9. The first-order valence-electron chi connectivity index (χ1n) is 11.1. The van der Waals surface area contributed by atoms with Crippen molar-refractivity contribution in [2.45, 2.75) is 31.8 Å². The van der Waals surface area contributed by atoms with E-state index in [1.165, 1.54) is 19.1 Å². The number of rotatable bonds is 16. The average molecular weight is 488 g/mol. The molecule has 2 heterocycles. The molecular weight excluding hydrogens is 450 g/mol. The summed E-state index contributed by atoms with van der Waals surface area (Å²) in [6, 6.07) is 2.06. The highest BCUT2D eigenvalue weighted by Crippen LogP contribution is 2.39. The fourth-order valence-corrected chi connectivity index (χ4v) is 4.33. The van der Waals surface area contributed by atoms with Crippen molar-refractivity contribution in [1.29, 1.82) is 0 Å². The summed E-state index contributed by atoms with van der Waals surface area (Å²) in [4.78, 5) is 14.7. The van der Waals surface area contributed by atoms with Gasteiger partial charge in [0.05, 0.1) is 33.0 Å². The number of hydrogen-bond donors (Lipinski definition) is 1. The Hall–Kier alpha value is -1.53. The standard InChI is InChI=1S/C23H37NO8S/c1-5-31-23-18(6-9-29-11-12-30-10-8-25)19(17-7-13-33-16-17)14-20(32-23)22(26)24(2)15-21(27-3)28-4/h7,13-14,16,18-19,21,23,25H,5-6,8-12,15H2,1-4H3. The number of hydrogen-bond acceptors (Lipinski definition) is 9. The monoisotopic (exact) mass is 487 g/mol. The molecule has 9 nitrogen and oxygen atoms in total. The third-order valence-electron chi connectivity index (χ3n) is 5.35. The van der Waals surface area contributed by atoms with Gasteiger partial charge in [-0.2, -0.15) is 11.3 Å². The van der Waals surface area contributed by atoms with E-state index in [4.69, 9.17) is 33.5 Å². The fourth-order valence-electron chi connectivity index (χ4n) is 3.62. The van der Waals surface area contributed by atoms with E-state index in [9.17, 15) is 4.79 Å². The van der Waals surface area contributed by atoms with Crippen molar-refractivity contribution < 1.29 is 38.3 Å². The van der Waals surface area contributed by atoms with E-state index in [1.807, 2.05) is 18.4 Å². The predicted molar refractivity (Wildman–Crippen MR) is 124 cm³/mol. The minimum absolute atomic E-state index is 0.00204. The lowest BCUT2D eigenvalue weighted by Crippen LogP contribution is -2.42. The number of nitrogens with zero attached hydrogens (tertiary/aromatic N) is 1. The molecular formula is C23H37NO8S. The van der Waals surface area contributed by atoms with Crippen molar-refractivity contribution >= 4 is 17.2 Å².